The van der Waals surface area contributed by atoms with Gasteiger partial charge in [0.1, 0.15) is 5.82 Å². The van der Waals surface area contributed by atoms with Gasteiger partial charge in [-0.2, -0.15) is 0 Å². The lowest BCUT2D eigenvalue weighted by molar-refractivity contribution is -0.121. The zero-order chi connectivity index (χ0) is 17.4. The van der Waals surface area contributed by atoms with Crippen molar-refractivity contribution in [1.82, 2.24) is 4.90 Å². The van der Waals surface area contributed by atoms with Gasteiger partial charge in [-0.1, -0.05) is 36.4 Å². The minimum atomic E-state index is -0.227. The van der Waals surface area contributed by atoms with Crippen LogP contribution in [-0.4, -0.2) is 36.0 Å². The summed E-state index contributed by atoms with van der Waals surface area (Å²) in [6, 6.07) is 14.3. The second-order valence-corrected chi connectivity index (χ2v) is 6.95. The van der Waals surface area contributed by atoms with Gasteiger partial charge in [0.2, 0.25) is 5.91 Å². The number of likely N-dealkylation sites (tertiary alicyclic amines) is 1. The van der Waals surface area contributed by atoms with Crippen LogP contribution in [0.2, 0.25) is 0 Å². The molecule has 1 saturated heterocycles. The number of benzene rings is 2. The summed E-state index contributed by atoms with van der Waals surface area (Å²) in [4.78, 5) is 14.8. The number of nitrogens with one attached hydrogen (secondary N) is 1. The SMILES string of the molecule is N[C@@H]1CN(C2CCc3ccccc3NC2=O)C[C@H]1c1ccccc1F. The van der Waals surface area contributed by atoms with Crippen LogP contribution in [0.3, 0.4) is 0 Å². The number of carbonyl (C=O) groups excluding carboxylic acids is 1. The van der Waals surface area contributed by atoms with Crippen molar-refractivity contribution in [1.29, 1.82) is 0 Å². The maximum absolute atomic E-state index is 14.2. The van der Waals surface area contributed by atoms with Crippen molar-refractivity contribution in [3.05, 3.63) is 65.5 Å². The molecule has 2 aromatic rings. The van der Waals surface area contributed by atoms with Crippen molar-refractivity contribution in [3.63, 3.8) is 0 Å². The first-order valence-corrected chi connectivity index (χ1v) is 8.76. The largest absolute Gasteiger partial charge is 0.326 e. The molecule has 5 heteroatoms. The predicted molar refractivity (Wildman–Crippen MR) is 95.9 cm³/mol. The average Bonchev–Trinajstić information content (AvgIpc) is 2.89. The van der Waals surface area contributed by atoms with E-state index in [1.807, 2.05) is 24.3 Å². The van der Waals surface area contributed by atoms with Gasteiger partial charge in [-0.05, 0) is 36.1 Å². The van der Waals surface area contributed by atoms with Gasteiger partial charge in [0.15, 0.2) is 0 Å². The Labute approximate surface area is 146 Å². The lowest BCUT2D eigenvalue weighted by Gasteiger charge is -2.25. The molecule has 2 aromatic carbocycles. The summed E-state index contributed by atoms with van der Waals surface area (Å²) in [5, 5.41) is 3.03. The molecular weight excluding hydrogens is 317 g/mol. The van der Waals surface area contributed by atoms with Gasteiger partial charge >= 0.3 is 0 Å². The summed E-state index contributed by atoms with van der Waals surface area (Å²) in [7, 11) is 0. The summed E-state index contributed by atoms with van der Waals surface area (Å²) >= 11 is 0. The molecule has 1 unspecified atom stereocenters. The van der Waals surface area contributed by atoms with E-state index in [1.165, 1.54) is 6.07 Å². The van der Waals surface area contributed by atoms with E-state index in [9.17, 15) is 9.18 Å². The molecule has 0 radical (unpaired) electrons. The number of aryl methyl sites for hydroxylation is 1. The molecule has 0 spiro atoms. The number of hydrogen-bond acceptors (Lipinski definition) is 3. The number of anilines is 1. The fourth-order valence-corrected chi connectivity index (χ4v) is 4.07. The fourth-order valence-electron chi connectivity index (χ4n) is 4.07. The van der Waals surface area contributed by atoms with Crippen LogP contribution in [0.5, 0.6) is 0 Å². The van der Waals surface area contributed by atoms with Crippen molar-refractivity contribution in [3.8, 4) is 0 Å². The van der Waals surface area contributed by atoms with Crippen LogP contribution in [0.1, 0.15) is 23.5 Å². The van der Waals surface area contributed by atoms with E-state index in [-0.39, 0.29) is 29.7 Å². The summed E-state index contributed by atoms with van der Waals surface area (Å²) in [6.07, 6.45) is 1.59. The number of rotatable bonds is 2. The maximum Gasteiger partial charge on any atom is 0.241 e. The summed E-state index contributed by atoms with van der Waals surface area (Å²) in [5.74, 6) is -0.298. The Hall–Kier alpha value is -2.24. The topological polar surface area (TPSA) is 58.4 Å². The Kier molecular flexibility index (Phi) is 4.27. The third-order valence-corrected chi connectivity index (χ3v) is 5.40. The van der Waals surface area contributed by atoms with E-state index in [4.69, 9.17) is 5.73 Å². The molecular formula is C20H22FN3O. The van der Waals surface area contributed by atoms with Crippen molar-refractivity contribution < 1.29 is 9.18 Å². The summed E-state index contributed by atoms with van der Waals surface area (Å²) in [6.45, 7) is 1.21. The number of hydrogen-bond donors (Lipinski definition) is 2. The maximum atomic E-state index is 14.2. The number of nitrogens with two attached hydrogens (primary N) is 1. The highest BCUT2D eigenvalue weighted by molar-refractivity contribution is 5.96. The molecule has 2 heterocycles. The molecule has 3 N–H and O–H groups in total. The average molecular weight is 339 g/mol. The van der Waals surface area contributed by atoms with Gasteiger partial charge < -0.3 is 11.1 Å². The summed E-state index contributed by atoms with van der Waals surface area (Å²) in [5.41, 5.74) is 9.01. The van der Waals surface area contributed by atoms with Gasteiger partial charge in [0, 0.05) is 30.7 Å². The molecule has 2 aliphatic rings. The van der Waals surface area contributed by atoms with Crippen LogP contribution < -0.4 is 11.1 Å². The van der Waals surface area contributed by atoms with Gasteiger partial charge in [-0.25, -0.2) is 4.39 Å². The first-order chi connectivity index (χ1) is 12.1. The van der Waals surface area contributed by atoms with Crippen LogP contribution in [0.25, 0.3) is 0 Å². The summed E-state index contributed by atoms with van der Waals surface area (Å²) < 4.78 is 14.2. The molecule has 0 aliphatic carbocycles. The molecule has 0 aromatic heterocycles. The zero-order valence-corrected chi connectivity index (χ0v) is 14.0. The molecule has 25 heavy (non-hydrogen) atoms. The highest BCUT2D eigenvalue weighted by atomic mass is 19.1. The van der Waals surface area contributed by atoms with Crippen LogP contribution in [0.15, 0.2) is 48.5 Å². The van der Waals surface area contributed by atoms with Crippen LogP contribution >= 0.6 is 0 Å². The molecule has 3 atom stereocenters. The van der Waals surface area contributed by atoms with Gasteiger partial charge in [-0.3, -0.25) is 9.69 Å². The lowest BCUT2D eigenvalue weighted by atomic mass is 9.94. The molecule has 4 rings (SSSR count). The van der Waals surface area contributed by atoms with E-state index >= 15 is 0 Å². The lowest BCUT2D eigenvalue weighted by Crippen LogP contribution is -2.43. The van der Waals surface area contributed by atoms with Crippen molar-refractivity contribution in [2.45, 2.75) is 30.8 Å². The van der Waals surface area contributed by atoms with E-state index in [2.05, 4.69) is 16.3 Å². The highest BCUT2D eigenvalue weighted by Crippen LogP contribution is 2.32. The van der Waals surface area contributed by atoms with E-state index < -0.39 is 0 Å². The number of carbonyl (C=O) groups is 1. The Morgan fingerprint density at radius 1 is 1.08 bits per heavy atom. The number of para-hydroxylation sites is 1. The van der Waals surface area contributed by atoms with E-state index in [0.717, 1.165) is 24.1 Å². The molecule has 2 aliphatic heterocycles. The Morgan fingerprint density at radius 2 is 1.84 bits per heavy atom. The highest BCUT2D eigenvalue weighted by Gasteiger charge is 2.39. The number of halogens is 1. The zero-order valence-electron chi connectivity index (χ0n) is 14.0. The number of nitrogens with zero attached hydrogens (tertiary/aromatic N) is 1. The molecule has 0 saturated carbocycles. The van der Waals surface area contributed by atoms with Crippen LogP contribution in [0.4, 0.5) is 10.1 Å². The minimum Gasteiger partial charge on any atom is -0.326 e. The Bertz CT molecular complexity index is 794. The van der Waals surface area contributed by atoms with Gasteiger partial charge in [0.05, 0.1) is 6.04 Å². The standard InChI is InChI=1S/C20H22FN3O/c21-16-7-3-2-6-14(16)15-11-24(12-17(15)22)19-10-9-13-5-1-4-8-18(13)23-20(19)25/h1-8,15,17,19H,9-12,22H2,(H,23,25)/t15-,17+,19?/m0/s1. The molecule has 4 nitrogen and oxygen atoms in total. The van der Waals surface area contributed by atoms with Gasteiger partial charge in [0.25, 0.3) is 0 Å². The second-order valence-electron chi connectivity index (χ2n) is 6.95. The number of amides is 1. The Morgan fingerprint density at radius 3 is 2.68 bits per heavy atom. The third-order valence-electron chi connectivity index (χ3n) is 5.40. The van der Waals surface area contributed by atoms with Crippen molar-refractivity contribution in [2.75, 3.05) is 18.4 Å². The quantitative estimate of drug-likeness (QED) is 0.884. The third kappa shape index (κ3) is 3.05. The predicted octanol–water partition coefficient (Wildman–Crippen LogP) is 2.51. The van der Waals surface area contributed by atoms with Crippen LogP contribution in [0, 0.1) is 5.82 Å². The molecule has 1 fully saturated rings. The molecule has 1 amide bonds. The fraction of sp³-hybridized carbons (Fsp3) is 0.350. The second kappa shape index (κ2) is 6.58. The van der Waals surface area contributed by atoms with Crippen molar-refractivity contribution >= 4 is 11.6 Å². The van der Waals surface area contributed by atoms with Crippen molar-refractivity contribution in [2.24, 2.45) is 5.73 Å². The monoisotopic (exact) mass is 339 g/mol. The Balaban J connectivity index is 1.53. The minimum absolute atomic E-state index is 0.00586. The first kappa shape index (κ1) is 16.2. The van der Waals surface area contributed by atoms with E-state index in [0.29, 0.717) is 18.7 Å². The van der Waals surface area contributed by atoms with Gasteiger partial charge in [-0.15, -0.1) is 0 Å². The van der Waals surface area contributed by atoms with Crippen LogP contribution in [-0.2, 0) is 11.2 Å². The normalized spacial score (nSPS) is 26.8. The molecule has 130 valence electrons. The molecule has 0 bridgehead atoms. The van der Waals surface area contributed by atoms with E-state index in [1.54, 1.807) is 12.1 Å². The first-order valence-electron chi connectivity index (χ1n) is 8.76. The smallest absolute Gasteiger partial charge is 0.241 e. The number of fused-ring (bicyclic) bond motifs is 1.